The number of rotatable bonds is 5. The van der Waals surface area contributed by atoms with Crippen molar-refractivity contribution in [2.45, 2.75) is 17.5 Å². The molecule has 16 heavy (non-hydrogen) atoms. The van der Waals surface area contributed by atoms with E-state index < -0.39 is 0 Å². The van der Waals surface area contributed by atoms with Gasteiger partial charge in [-0.25, -0.2) is 4.98 Å². The summed E-state index contributed by atoms with van der Waals surface area (Å²) < 4.78 is 0. The Labute approximate surface area is 99.7 Å². The molecule has 0 aliphatic heterocycles. The highest BCUT2D eigenvalue weighted by molar-refractivity contribution is 7.99. The van der Waals surface area contributed by atoms with Gasteiger partial charge in [-0.3, -0.25) is 0 Å². The van der Waals surface area contributed by atoms with E-state index in [0.717, 1.165) is 11.7 Å². The van der Waals surface area contributed by atoms with Gasteiger partial charge in [0.15, 0.2) is 5.16 Å². The molecule has 1 atom stereocenters. The van der Waals surface area contributed by atoms with Crippen molar-refractivity contribution in [3.63, 3.8) is 0 Å². The van der Waals surface area contributed by atoms with E-state index in [-0.39, 0.29) is 5.37 Å². The smallest absolute Gasteiger partial charge is 0.167 e. The highest BCUT2D eigenvalue weighted by Crippen LogP contribution is 2.30. The zero-order valence-corrected chi connectivity index (χ0v) is 10.00. The van der Waals surface area contributed by atoms with Crippen molar-refractivity contribution in [3.8, 4) is 0 Å². The second kappa shape index (κ2) is 5.72. The molecule has 0 saturated heterocycles. The zero-order chi connectivity index (χ0) is 11.2. The maximum Gasteiger partial charge on any atom is 0.167 e. The number of benzene rings is 1. The third-order valence-electron chi connectivity index (χ3n) is 2.19. The van der Waals surface area contributed by atoms with Crippen LogP contribution in [0.3, 0.4) is 0 Å². The van der Waals surface area contributed by atoms with Crippen LogP contribution in [0.2, 0.25) is 0 Å². The van der Waals surface area contributed by atoms with E-state index in [2.05, 4.69) is 46.5 Å². The number of imidazole rings is 1. The maximum absolute atomic E-state index is 4.23. The van der Waals surface area contributed by atoms with Crippen molar-refractivity contribution in [3.05, 3.63) is 48.3 Å². The van der Waals surface area contributed by atoms with Crippen LogP contribution in [0.4, 0.5) is 0 Å². The second-order valence-electron chi connectivity index (χ2n) is 3.36. The Bertz CT molecular complexity index is 399. The van der Waals surface area contributed by atoms with Gasteiger partial charge in [0, 0.05) is 12.4 Å². The molecule has 1 heterocycles. The van der Waals surface area contributed by atoms with Gasteiger partial charge in [0.25, 0.3) is 0 Å². The lowest BCUT2D eigenvalue weighted by atomic mass is 10.2. The molecule has 4 heteroatoms. The average Bonchev–Trinajstić information content (AvgIpc) is 2.83. The number of nitrogens with one attached hydrogen (secondary N) is 2. The van der Waals surface area contributed by atoms with Gasteiger partial charge >= 0.3 is 0 Å². The van der Waals surface area contributed by atoms with Crippen molar-refractivity contribution in [1.29, 1.82) is 0 Å². The fourth-order valence-electron chi connectivity index (χ4n) is 1.47. The van der Waals surface area contributed by atoms with E-state index in [0.29, 0.717) is 0 Å². The Balaban J connectivity index is 2.11. The summed E-state index contributed by atoms with van der Waals surface area (Å²) in [5.41, 5.74) is 1.27. The predicted molar refractivity (Wildman–Crippen MR) is 67.3 cm³/mol. The predicted octanol–water partition coefficient (Wildman–Crippen LogP) is 2.81. The number of nitrogens with zero attached hydrogens (tertiary/aromatic N) is 1. The van der Waals surface area contributed by atoms with Crippen LogP contribution < -0.4 is 5.32 Å². The number of aromatic nitrogens is 2. The molecule has 0 bridgehead atoms. The van der Waals surface area contributed by atoms with Gasteiger partial charge in [-0.1, -0.05) is 49.0 Å². The first kappa shape index (κ1) is 11.2. The largest absolute Gasteiger partial charge is 0.340 e. The van der Waals surface area contributed by atoms with E-state index in [4.69, 9.17) is 0 Å². The number of hydrogen-bond donors (Lipinski definition) is 2. The third kappa shape index (κ3) is 2.87. The average molecular weight is 233 g/mol. The molecular weight excluding hydrogens is 218 g/mol. The lowest BCUT2D eigenvalue weighted by molar-refractivity contribution is 0.707. The Morgan fingerprint density at radius 2 is 2.19 bits per heavy atom. The molecule has 0 aliphatic rings. The van der Waals surface area contributed by atoms with Crippen molar-refractivity contribution in [2.24, 2.45) is 0 Å². The van der Waals surface area contributed by atoms with Crippen LogP contribution in [0.25, 0.3) is 0 Å². The Kier molecular flexibility index (Phi) is 4.02. The van der Waals surface area contributed by atoms with Crippen LogP contribution in [0.1, 0.15) is 17.9 Å². The third-order valence-corrected chi connectivity index (χ3v) is 3.32. The molecule has 0 saturated carbocycles. The molecule has 1 aromatic heterocycles. The number of aromatic amines is 1. The zero-order valence-electron chi connectivity index (χ0n) is 9.18. The summed E-state index contributed by atoms with van der Waals surface area (Å²) >= 11 is 1.70. The van der Waals surface area contributed by atoms with Crippen LogP contribution in [0, 0.1) is 0 Å². The fraction of sp³-hybridized carbons (Fsp3) is 0.250. The van der Waals surface area contributed by atoms with Crippen LogP contribution >= 0.6 is 11.8 Å². The van der Waals surface area contributed by atoms with Crippen LogP contribution in [-0.2, 0) is 0 Å². The maximum atomic E-state index is 4.23. The Morgan fingerprint density at radius 3 is 2.81 bits per heavy atom. The Morgan fingerprint density at radius 1 is 1.38 bits per heavy atom. The van der Waals surface area contributed by atoms with E-state index >= 15 is 0 Å². The molecule has 2 N–H and O–H groups in total. The number of H-pyrrole nitrogens is 1. The molecule has 3 nitrogen and oxygen atoms in total. The molecule has 0 fully saturated rings. The van der Waals surface area contributed by atoms with Crippen molar-refractivity contribution < 1.29 is 0 Å². The van der Waals surface area contributed by atoms with E-state index in [1.54, 1.807) is 18.0 Å². The molecule has 2 rings (SSSR count). The number of thioether (sulfide) groups is 1. The van der Waals surface area contributed by atoms with E-state index in [1.807, 2.05) is 12.3 Å². The first-order chi connectivity index (χ1) is 7.90. The molecule has 0 radical (unpaired) electrons. The van der Waals surface area contributed by atoms with Gasteiger partial charge in [0.05, 0.1) is 5.37 Å². The minimum absolute atomic E-state index is 0.248. The summed E-state index contributed by atoms with van der Waals surface area (Å²) in [5.74, 6) is 0. The van der Waals surface area contributed by atoms with Gasteiger partial charge in [-0.05, 0) is 12.1 Å². The van der Waals surface area contributed by atoms with Crippen molar-refractivity contribution >= 4 is 11.8 Å². The minimum Gasteiger partial charge on any atom is -0.340 e. The second-order valence-corrected chi connectivity index (χ2v) is 4.45. The number of hydrogen-bond acceptors (Lipinski definition) is 3. The molecule has 0 amide bonds. The summed E-state index contributed by atoms with van der Waals surface area (Å²) in [7, 11) is 0. The van der Waals surface area contributed by atoms with Crippen LogP contribution in [0.15, 0.2) is 47.9 Å². The normalized spacial score (nSPS) is 12.6. The fourth-order valence-corrected chi connectivity index (χ4v) is 2.49. The summed E-state index contributed by atoms with van der Waals surface area (Å²) in [6.45, 7) is 3.05. The molecule has 84 valence electrons. The highest BCUT2D eigenvalue weighted by Gasteiger charge is 2.12. The van der Waals surface area contributed by atoms with Gasteiger partial charge in [-0.15, -0.1) is 0 Å². The summed E-state index contributed by atoms with van der Waals surface area (Å²) in [5, 5.41) is 4.63. The van der Waals surface area contributed by atoms with E-state index in [9.17, 15) is 0 Å². The van der Waals surface area contributed by atoms with Crippen molar-refractivity contribution in [2.75, 3.05) is 6.54 Å². The van der Waals surface area contributed by atoms with E-state index in [1.165, 1.54) is 5.56 Å². The first-order valence-corrected chi connectivity index (χ1v) is 6.22. The van der Waals surface area contributed by atoms with Crippen LogP contribution in [-0.4, -0.2) is 16.5 Å². The summed E-state index contributed by atoms with van der Waals surface area (Å²) in [6, 6.07) is 10.4. The van der Waals surface area contributed by atoms with Crippen LogP contribution in [0.5, 0.6) is 0 Å². The molecule has 1 aromatic carbocycles. The molecule has 0 spiro atoms. The quantitative estimate of drug-likeness (QED) is 0.616. The minimum atomic E-state index is 0.248. The van der Waals surface area contributed by atoms with Gasteiger partial charge in [-0.2, -0.15) is 0 Å². The molecular formula is C12H15N3S. The molecule has 0 aliphatic carbocycles. The SMILES string of the molecule is CCNC(Sc1ncc[nH]1)c1ccccc1. The van der Waals surface area contributed by atoms with Crippen molar-refractivity contribution in [1.82, 2.24) is 15.3 Å². The Hall–Kier alpha value is -1.26. The lowest BCUT2D eigenvalue weighted by Crippen LogP contribution is -2.17. The van der Waals surface area contributed by atoms with Gasteiger partial charge < -0.3 is 10.3 Å². The lowest BCUT2D eigenvalue weighted by Gasteiger charge is -2.16. The van der Waals surface area contributed by atoms with Gasteiger partial charge in [0.2, 0.25) is 0 Å². The van der Waals surface area contributed by atoms with Gasteiger partial charge in [0.1, 0.15) is 0 Å². The molecule has 1 unspecified atom stereocenters. The topological polar surface area (TPSA) is 40.7 Å². The molecule has 2 aromatic rings. The standard InChI is InChI=1S/C12H15N3S/c1-2-13-11(10-6-4-3-5-7-10)16-12-14-8-9-15-12/h3-9,11,13H,2H2,1H3,(H,14,15). The first-order valence-electron chi connectivity index (χ1n) is 5.34. The summed E-state index contributed by atoms with van der Waals surface area (Å²) in [6.07, 6.45) is 3.62. The highest BCUT2D eigenvalue weighted by atomic mass is 32.2. The summed E-state index contributed by atoms with van der Waals surface area (Å²) in [4.78, 5) is 7.34. The monoisotopic (exact) mass is 233 g/mol.